The van der Waals surface area contributed by atoms with E-state index in [1.54, 1.807) is 18.2 Å². The molecule has 2 aromatic carbocycles. The van der Waals surface area contributed by atoms with Gasteiger partial charge in [0.15, 0.2) is 11.0 Å². The molecule has 0 saturated carbocycles. The van der Waals surface area contributed by atoms with E-state index in [9.17, 15) is 9.59 Å². The van der Waals surface area contributed by atoms with E-state index in [1.165, 1.54) is 30.2 Å². The van der Waals surface area contributed by atoms with Gasteiger partial charge in [-0.2, -0.15) is 0 Å². The predicted molar refractivity (Wildman–Crippen MR) is 151 cm³/mol. The zero-order valence-corrected chi connectivity index (χ0v) is 23.2. The van der Waals surface area contributed by atoms with Gasteiger partial charge in [0.2, 0.25) is 5.91 Å². The number of esters is 1. The topological polar surface area (TPSA) is 95.3 Å². The highest BCUT2D eigenvalue weighted by molar-refractivity contribution is 7.99. The molecule has 11 heteroatoms. The SMILES string of the molecule is C=CCn1c(COc2ccccc2Cl)nnc1SCC(=O)Nc1scc(-c2ccc(C)cc2)c1C(=O)OC. The molecule has 0 aliphatic heterocycles. The number of allylic oxidation sites excluding steroid dienone is 1. The van der Waals surface area contributed by atoms with Gasteiger partial charge in [0.05, 0.1) is 17.9 Å². The number of para-hydroxylation sites is 1. The van der Waals surface area contributed by atoms with Gasteiger partial charge in [-0.05, 0) is 24.6 Å². The first-order valence-corrected chi connectivity index (χ1v) is 13.7. The molecule has 0 aliphatic carbocycles. The van der Waals surface area contributed by atoms with E-state index in [0.29, 0.717) is 44.4 Å². The van der Waals surface area contributed by atoms with Crippen LogP contribution in [0.1, 0.15) is 21.7 Å². The van der Waals surface area contributed by atoms with Crippen LogP contribution in [0.3, 0.4) is 0 Å². The van der Waals surface area contributed by atoms with E-state index in [1.807, 2.05) is 53.3 Å². The third-order valence-corrected chi connectivity index (χ3v) is 7.60. The lowest BCUT2D eigenvalue weighted by Crippen LogP contribution is -2.16. The maximum absolute atomic E-state index is 12.9. The number of hydrogen-bond donors (Lipinski definition) is 1. The number of carbonyl (C=O) groups excluding carboxylic acids is 2. The van der Waals surface area contributed by atoms with Crippen molar-refractivity contribution in [3.8, 4) is 16.9 Å². The van der Waals surface area contributed by atoms with Crippen LogP contribution < -0.4 is 10.1 Å². The molecule has 196 valence electrons. The van der Waals surface area contributed by atoms with Crippen LogP contribution in [0.15, 0.2) is 71.7 Å². The van der Waals surface area contributed by atoms with E-state index >= 15 is 0 Å². The van der Waals surface area contributed by atoms with Crippen molar-refractivity contribution in [2.24, 2.45) is 0 Å². The number of thioether (sulfide) groups is 1. The number of nitrogens with one attached hydrogen (secondary N) is 1. The average molecular weight is 569 g/mol. The van der Waals surface area contributed by atoms with Crippen molar-refractivity contribution in [3.05, 3.63) is 88.5 Å². The van der Waals surface area contributed by atoms with Crippen LogP contribution in [0.5, 0.6) is 5.75 Å². The number of anilines is 1. The summed E-state index contributed by atoms with van der Waals surface area (Å²) < 4.78 is 12.6. The molecular weight excluding hydrogens is 544 g/mol. The summed E-state index contributed by atoms with van der Waals surface area (Å²) in [5.74, 6) is 0.358. The number of thiophene rings is 1. The van der Waals surface area contributed by atoms with E-state index in [2.05, 4.69) is 22.1 Å². The number of ether oxygens (including phenoxy) is 2. The van der Waals surface area contributed by atoms with Gasteiger partial charge < -0.3 is 14.8 Å². The highest BCUT2D eigenvalue weighted by atomic mass is 35.5. The van der Waals surface area contributed by atoms with Gasteiger partial charge >= 0.3 is 5.97 Å². The molecule has 1 amide bonds. The number of aromatic nitrogens is 3. The molecule has 0 unspecified atom stereocenters. The fourth-order valence-corrected chi connectivity index (χ4v) is 5.47. The number of aryl methyl sites for hydroxylation is 1. The van der Waals surface area contributed by atoms with Crippen molar-refractivity contribution in [1.82, 2.24) is 14.8 Å². The Hall–Kier alpha value is -3.60. The molecule has 0 aliphatic rings. The van der Waals surface area contributed by atoms with Crippen LogP contribution in [-0.4, -0.2) is 39.5 Å². The molecular formula is C27H25ClN4O4S2. The van der Waals surface area contributed by atoms with Crippen molar-refractivity contribution in [1.29, 1.82) is 0 Å². The first-order chi connectivity index (χ1) is 18.4. The molecule has 2 heterocycles. The first-order valence-electron chi connectivity index (χ1n) is 11.5. The zero-order chi connectivity index (χ0) is 27.1. The monoisotopic (exact) mass is 568 g/mol. The maximum atomic E-state index is 12.9. The van der Waals surface area contributed by atoms with Crippen LogP contribution in [-0.2, 0) is 22.7 Å². The number of methoxy groups -OCH3 is 1. The number of halogens is 1. The average Bonchev–Trinajstić information content (AvgIpc) is 3.51. The van der Waals surface area contributed by atoms with Crippen LogP contribution in [0.25, 0.3) is 11.1 Å². The second kappa shape index (κ2) is 12.8. The Morgan fingerprint density at radius 1 is 1.18 bits per heavy atom. The Morgan fingerprint density at radius 2 is 1.95 bits per heavy atom. The van der Waals surface area contributed by atoms with Crippen molar-refractivity contribution in [2.75, 3.05) is 18.2 Å². The first kappa shape index (κ1) is 27.4. The smallest absolute Gasteiger partial charge is 0.341 e. The summed E-state index contributed by atoms with van der Waals surface area (Å²) in [6, 6.07) is 15.0. The maximum Gasteiger partial charge on any atom is 0.341 e. The molecule has 0 fully saturated rings. The summed E-state index contributed by atoms with van der Waals surface area (Å²) >= 11 is 8.66. The number of rotatable bonds is 11. The summed E-state index contributed by atoms with van der Waals surface area (Å²) in [7, 11) is 1.32. The summed E-state index contributed by atoms with van der Waals surface area (Å²) in [4.78, 5) is 25.5. The van der Waals surface area contributed by atoms with E-state index in [0.717, 1.165) is 11.1 Å². The lowest BCUT2D eigenvalue weighted by Gasteiger charge is -2.10. The second-order valence-corrected chi connectivity index (χ2v) is 10.3. The molecule has 4 rings (SSSR count). The van der Waals surface area contributed by atoms with Gasteiger partial charge in [0.25, 0.3) is 0 Å². The predicted octanol–water partition coefficient (Wildman–Crippen LogP) is 6.25. The van der Waals surface area contributed by atoms with E-state index in [-0.39, 0.29) is 18.3 Å². The van der Waals surface area contributed by atoms with Gasteiger partial charge in [-0.3, -0.25) is 9.36 Å². The van der Waals surface area contributed by atoms with Gasteiger partial charge in [0.1, 0.15) is 22.9 Å². The number of benzene rings is 2. The molecule has 2 aromatic heterocycles. The Labute approximate surface area is 233 Å². The summed E-state index contributed by atoms with van der Waals surface area (Å²) in [5.41, 5.74) is 3.01. The Morgan fingerprint density at radius 3 is 2.66 bits per heavy atom. The Bertz CT molecular complexity index is 1450. The largest absolute Gasteiger partial charge is 0.484 e. The zero-order valence-electron chi connectivity index (χ0n) is 20.8. The number of amides is 1. The van der Waals surface area contributed by atoms with Crippen LogP contribution >= 0.6 is 34.7 Å². The fourth-order valence-electron chi connectivity index (χ4n) is 3.54. The minimum atomic E-state index is -0.515. The van der Waals surface area contributed by atoms with Crippen molar-refractivity contribution in [3.63, 3.8) is 0 Å². The number of hydrogen-bond acceptors (Lipinski definition) is 8. The van der Waals surface area contributed by atoms with Crippen molar-refractivity contribution in [2.45, 2.75) is 25.2 Å². The molecule has 0 bridgehead atoms. The molecule has 8 nitrogen and oxygen atoms in total. The summed E-state index contributed by atoms with van der Waals surface area (Å²) in [6.45, 7) is 6.38. The van der Waals surface area contributed by atoms with Crippen LogP contribution in [0.4, 0.5) is 5.00 Å². The Kier molecular flexibility index (Phi) is 9.22. The summed E-state index contributed by atoms with van der Waals surface area (Å²) in [6.07, 6.45) is 1.72. The highest BCUT2D eigenvalue weighted by Crippen LogP contribution is 2.36. The molecule has 0 spiro atoms. The fraction of sp³-hybridized carbons (Fsp3) is 0.185. The van der Waals surface area contributed by atoms with Crippen molar-refractivity contribution < 1.29 is 19.1 Å². The molecule has 1 N–H and O–H groups in total. The van der Waals surface area contributed by atoms with Gasteiger partial charge in [-0.25, -0.2) is 4.79 Å². The highest BCUT2D eigenvalue weighted by Gasteiger charge is 2.23. The summed E-state index contributed by atoms with van der Waals surface area (Å²) in [5, 5.41) is 14.6. The standard InChI is InChI=1S/C27H25ClN4O4S2/c1-4-13-32-22(14-36-21-8-6-5-7-20(21)28)30-31-27(32)38-16-23(33)29-25-24(26(34)35-3)19(15-37-25)18-11-9-17(2)10-12-18/h4-12,15H,1,13-14,16H2,2-3H3,(H,29,33). The van der Waals surface area contributed by atoms with E-state index in [4.69, 9.17) is 21.1 Å². The van der Waals surface area contributed by atoms with Gasteiger partial charge in [-0.15, -0.1) is 28.1 Å². The van der Waals surface area contributed by atoms with Crippen molar-refractivity contribution >= 4 is 51.6 Å². The minimum Gasteiger partial charge on any atom is -0.484 e. The third kappa shape index (κ3) is 6.45. The molecule has 38 heavy (non-hydrogen) atoms. The molecule has 0 radical (unpaired) electrons. The third-order valence-electron chi connectivity index (χ3n) is 5.43. The molecule has 0 atom stereocenters. The normalized spacial score (nSPS) is 10.7. The minimum absolute atomic E-state index is 0.0546. The Balaban J connectivity index is 1.45. The van der Waals surface area contributed by atoms with Gasteiger partial charge in [0, 0.05) is 17.5 Å². The molecule has 0 saturated heterocycles. The quantitative estimate of drug-likeness (QED) is 0.130. The lowest BCUT2D eigenvalue weighted by atomic mass is 10.0. The van der Waals surface area contributed by atoms with Crippen LogP contribution in [0, 0.1) is 6.92 Å². The molecule has 4 aromatic rings. The van der Waals surface area contributed by atoms with Gasteiger partial charge in [-0.1, -0.05) is 71.4 Å². The number of carbonyl (C=O) groups is 2. The van der Waals surface area contributed by atoms with E-state index < -0.39 is 5.97 Å². The second-order valence-electron chi connectivity index (χ2n) is 8.07. The lowest BCUT2D eigenvalue weighted by molar-refractivity contribution is -0.113. The van der Waals surface area contributed by atoms with Crippen LogP contribution in [0.2, 0.25) is 5.02 Å². The number of nitrogens with zero attached hydrogens (tertiary/aromatic N) is 3.